The Morgan fingerprint density at radius 1 is 0.447 bits per heavy atom. The van der Waals surface area contributed by atoms with Crippen molar-refractivity contribution in [2.75, 3.05) is 0 Å². The summed E-state index contributed by atoms with van der Waals surface area (Å²) in [5.41, 5.74) is 5.30. The molecule has 0 spiro atoms. The monoisotopic (exact) mass is 502 g/mol. The average Bonchev–Trinajstić information content (AvgIpc) is 3.00. The third-order valence-electron chi connectivity index (χ3n) is 8.01. The Morgan fingerprint density at radius 3 is 1.11 bits per heavy atom. The molecule has 7 rings (SSSR count). The number of hydrogen-bond donors (Lipinski definition) is 0. The van der Waals surface area contributed by atoms with Gasteiger partial charge in [0.05, 0.1) is 11.1 Å². The molecule has 4 aromatic rings. The van der Waals surface area contributed by atoms with Gasteiger partial charge in [0, 0.05) is 0 Å². The van der Waals surface area contributed by atoms with Crippen molar-refractivity contribution in [1.29, 1.82) is 0 Å². The van der Waals surface area contributed by atoms with Crippen molar-refractivity contribution in [2.24, 2.45) is 11.8 Å². The molecule has 0 radical (unpaired) electrons. The van der Waals surface area contributed by atoms with Crippen molar-refractivity contribution in [3.05, 3.63) is 120 Å². The lowest BCUT2D eigenvalue weighted by Gasteiger charge is -2.46. The van der Waals surface area contributed by atoms with Crippen molar-refractivity contribution in [3.8, 4) is 22.3 Å². The highest BCUT2D eigenvalue weighted by atomic mass is 16.6. The summed E-state index contributed by atoms with van der Waals surface area (Å²) >= 11 is 0. The number of carbonyl (C=O) groups excluding carboxylic acids is 2. The summed E-state index contributed by atoms with van der Waals surface area (Å²) in [6.07, 6.45) is 3.14. The molecule has 0 aliphatic heterocycles. The second-order valence-corrected chi connectivity index (χ2v) is 10.3. The Bertz CT molecular complexity index is 1280. The maximum absolute atomic E-state index is 13.1. The van der Waals surface area contributed by atoms with E-state index in [1.165, 1.54) is 0 Å². The zero-order valence-corrected chi connectivity index (χ0v) is 21.2. The number of carbonyl (C=O) groups is 2. The lowest BCUT2D eigenvalue weighted by atomic mass is 9.67. The molecule has 38 heavy (non-hydrogen) atoms. The lowest BCUT2D eigenvalue weighted by Crippen LogP contribution is -2.52. The fraction of sp³-hybridized carbons (Fsp3) is 0.235. The molecule has 0 saturated heterocycles. The van der Waals surface area contributed by atoms with Crippen molar-refractivity contribution in [3.63, 3.8) is 0 Å². The number of hydrogen-bond acceptors (Lipinski definition) is 4. The molecule has 2 atom stereocenters. The summed E-state index contributed by atoms with van der Waals surface area (Å²) in [6, 6.07) is 35.1. The largest absolute Gasteiger partial charge is 0.455 e. The second-order valence-electron chi connectivity index (χ2n) is 10.3. The van der Waals surface area contributed by atoms with Gasteiger partial charge in [-0.05, 0) is 84.0 Å². The molecule has 3 saturated carbocycles. The van der Waals surface area contributed by atoms with Crippen molar-refractivity contribution < 1.29 is 19.1 Å². The molecular formula is C34H30O4. The van der Waals surface area contributed by atoms with Crippen LogP contribution in [-0.4, -0.2) is 24.1 Å². The van der Waals surface area contributed by atoms with Gasteiger partial charge in [0.2, 0.25) is 0 Å². The summed E-state index contributed by atoms with van der Waals surface area (Å²) in [5, 5.41) is 0. The normalized spacial score (nSPS) is 22.0. The molecule has 0 aromatic heterocycles. The van der Waals surface area contributed by atoms with Crippen LogP contribution >= 0.6 is 0 Å². The molecule has 3 fully saturated rings. The molecule has 4 nitrogen and oxygen atoms in total. The number of benzene rings is 4. The Kier molecular flexibility index (Phi) is 6.78. The van der Waals surface area contributed by atoms with Crippen LogP contribution < -0.4 is 0 Å². The van der Waals surface area contributed by atoms with Crippen LogP contribution in [0.25, 0.3) is 22.3 Å². The maximum Gasteiger partial charge on any atom is 0.338 e. The summed E-state index contributed by atoms with van der Waals surface area (Å²) in [6.45, 7) is 0. The van der Waals surface area contributed by atoms with Crippen LogP contribution in [0.5, 0.6) is 0 Å². The first-order chi connectivity index (χ1) is 18.7. The minimum atomic E-state index is -0.420. The van der Waals surface area contributed by atoms with Gasteiger partial charge in [0.15, 0.2) is 0 Å². The average molecular weight is 503 g/mol. The highest BCUT2D eigenvalue weighted by molar-refractivity contribution is 5.91. The second kappa shape index (κ2) is 10.7. The van der Waals surface area contributed by atoms with Gasteiger partial charge in [0.25, 0.3) is 0 Å². The predicted octanol–water partition coefficient (Wildman–Crippen LogP) is 7.59. The molecule has 3 aliphatic carbocycles. The zero-order chi connectivity index (χ0) is 25.9. The van der Waals surface area contributed by atoms with E-state index in [4.69, 9.17) is 9.47 Å². The molecule has 3 aliphatic rings. The first-order valence-electron chi connectivity index (χ1n) is 13.4. The van der Waals surface area contributed by atoms with E-state index < -0.39 is 12.2 Å². The predicted molar refractivity (Wildman–Crippen MR) is 148 cm³/mol. The summed E-state index contributed by atoms with van der Waals surface area (Å²) in [7, 11) is 0. The lowest BCUT2D eigenvalue weighted by molar-refractivity contribution is -0.121. The van der Waals surface area contributed by atoms with Gasteiger partial charge >= 0.3 is 11.9 Å². The standard InChI is InChI=1S/C34H30O4/c35-33(29-19-11-25(12-20-29)23-7-3-1-4-8-23)37-31-27-15-17-28(18-16-27)32(31)38-34(36)30-21-13-26(14-22-30)24-9-5-2-6-10-24/h1-14,19-22,27-28,31-32H,15-18H2. The first kappa shape index (κ1) is 24.2. The van der Waals surface area contributed by atoms with Gasteiger partial charge in [-0.25, -0.2) is 9.59 Å². The number of ether oxygens (including phenoxy) is 2. The van der Waals surface area contributed by atoms with E-state index in [-0.39, 0.29) is 23.8 Å². The molecule has 190 valence electrons. The molecule has 0 N–H and O–H groups in total. The van der Waals surface area contributed by atoms with Crippen LogP contribution in [-0.2, 0) is 9.47 Å². The van der Waals surface area contributed by atoms with Gasteiger partial charge in [-0.15, -0.1) is 0 Å². The summed E-state index contributed by atoms with van der Waals surface area (Å²) < 4.78 is 12.1. The quantitative estimate of drug-likeness (QED) is 0.255. The van der Waals surface area contributed by atoms with Crippen LogP contribution in [0, 0.1) is 11.8 Å². The Balaban J connectivity index is 1.15. The van der Waals surface area contributed by atoms with Crippen LogP contribution in [0.1, 0.15) is 46.4 Å². The van der Waals surface area contributed by atoms with Crippen LogP contribution in [0.3, 0.4) is 0 Å². The van der Waals surface area contributed by atoms with Crippen molar-refractivity contribution >= 4 is 11.9 Å². The highest BCUT2D eigenvalue weighted by Gasteiger charge is 2.48. The van der Waals surface area contributed by atoms with E-state index >= 15 is 0 Å². The summed E-state index contributed by atoms with van der Waals surface area (Å²) in [5.74, 6) is -0.303. The minimum Gasteiger partial charge on any atom is -0.455 e. The van der Waals surface area contributed by atoms with E-state index in [0.29, 0.717) is 11.1 Å². The summed E-state index contributed by atoms with van der Waals surface area (Å²) in [4.78, 5) is 26.3. The van der Waals surface area contributed by atoms with Crippen molar-refractivity contribution in [1.82, 2.24) is 0 Å². The number of esters is 2. The maximum atomic E-state index is 13.1. The van der Waals surface area contributed by atoms with E-state index in [1.807, 2.05) is 84.9 Å². The Labute approximate surface area is 223 Å². The molecule has 0 heterocycles. The molecular weight excluding hydrogens is 472 g/mol. The van der Waals surface area contributed by atoms with Crippen molar-refractivity contribution in [2.45, 2.75) is 37.9 Å². The van der Waals surface area contributed by atoms with Gasteiger partial charge < -0.3 is 9.47 Å². The smallest absolute Gasteiger partial charge is 0.338 e. The highest BCUT2D eigenvalue weighted by Crippen LogP contribution is 2.45. The van der Waals surface area contributed by atoms with E-state index in [0.717, 1.165) is 47.9 Å². The van der Waals surface area contributed by atoms with Crippen LogP contribution in [0.15, 0.2) is 109 Å². The van der Waals surface area contributed by atoms with E-state index in [2.05, 4.69) is 0 Å². The van der Waals surface area contributed by atoms with Gasteiger partial charge in [-0.1, -0.05) is 84.9 Å². The number of fused-ring (bicyclic) bond motifs is 3. The Hall–Kier alpha value is -4.18. The number of rotatable bonds is 6. The third-order valence-corrected chi connectivity index (χ3v) is 8.01. The fourth-order valence-electron chi connectivity index (χ4n) is 5.91. The SMILES string of the molecule is O=C(OC1C2CCC(CC2)C1OC(=O)c1ccc(-c2ccccc2)cc1)c1ccc(-c2ccccc2)cc1. The van der Waals surface area contributed by atoms with Crippen LogP contribution in [0.4, 0.5) is 0 Å². The molecule has 2 unspecified atom stereocenters. The van der Waals surface area contributed by atoms with E-state index in [1.54, 1.807) is 24.3 Å². The first-order valence-corrected chi connectivity index (χ1v) is 13.4. The molecule has 4 aromatic carbocycles. The topological polar surface area (TPSA) is 52.6 Å². The Morgan fingerprint density at radius 2 is 0.763 bits per heavy atom. The fourth-order valence-corrected chi connectivity index (χ4v) is 5.91. The zero-order valence-electron chi connectivity index (χ0n) is 21.2. The molecule has 4 heteroatoms. The third kappa shape index (κ3) is 4.99. The molecule has 0 amide bonds. The van der Waals surface area contributed by atoms with E-state index in [9.17, 15) is 9.59 Å². The van der Waals surface area contributed by atoms with Gasteiger partial charge in [-0.2, -0.15) is 0 Å². The van der Waals surface area contributed by atoms with Gasteiger partial charge in [0.1, 0.15) is 12.2 Å². The van der Waals surface area contributed by atoms with Gasteiger partial charge in [-0.3, -0.25) is 0 Å². The minimum absolute atomic E-state index is 0.214. The van der Waals surface area contributed by atoms with Crippen LogP contribution in [0.2, 0.25) is 0 Å². The molecule has 2 bridgehead atoms.